The van der Waals surface area contributed by atoms with E-state index in [0.717, 1.165) is 116 Å². The monoisotopic (exact) mass is 1130 g/mol. The number of phosphoric acid groups is 1. The Balaban J connectivity index is 4.21. The van der Waals surface area contributed by atoms with Crippen molar-refractivity contribution in [1.29, 1.82) is 0 Å². The van der Waals surface area contributed by atoms with Gasteiger partial charge in [-0.2, -0.15) is 0 Å². The molecule has 0 aromatic rings. The molecule has 0 heterocycles. The van der Waals surface area contributed by atoms with E-state index in [2.05, 4.69) is 141 Å². The van der Waals surface area contributed by atoms with Crippen LogP contribution < -0.4 is 5.32 Å². The number of quaternary nitrogens is 1. The van der Waals surface area contributed by atoms with Gasteiger partial charge in [-0.15, -0.1) is 0 Å². The minimum Gasteiger partial charge on any atom is -0.391 e. The molecule has 0 aromatic carbocycles. The largest absolute Gasteiger partial charge is 0.472 e. The molecule has 80 heavy (non-hydrogen) atoms. The summed E-state index contributed by atoms with van der Waals surface area (Å²) in [5, 5.41) is 14.1. The van der Waals surface area contributed by atoms with Gasteiger partial charge in [0.2, 0.25) is 5.91 Å². The van der Waals surface area contributed by atoms with Crippen molar-refractivity contribution in [2.24, 2.45) is 0 Å². The van der Waals surface area contributed by atoms with Gasteiger partial charge < -0.3 is 19.8 Å². The summed E-state index contributed by atoms with van der Waals surface area (Å²) in [4.78, 5) is 23.4. The number of hydrogen-bond donors (Lipinski definition) is 3. The van der Waals surface area contributed by atoms with Crippen molar-refractivity contribution >= 4 is 13.7 Å². The van der Waals surface area contributed by atoms with Crippen molar-refractivity contribution in [3.63, 3.8) is 0 Å². The normalized spacial score (nSPS) is 14.5. The lowest BCUT2D eigenvalue weighted by Crippen LogP contribution is -2.46. The standard InChI is InChI=1S/C71H125N2O6P/c1-6-8-10-12-14-16-18-20-22-24-26-28-30-31-32-33-34-35-36-37-38-39-40-41-43-45-47-49-51-53-55-57-59-61-63-65-71(75)72-69(68-79-80(76,77)78-67-66-73(3,4)5)70(74)64-62-60-58-56-54-52-50-48-46-44-42-29-27-25-23-21-19-17-15-13-11-9-7-2/h8,10,14,16,20,22,26,28,31-32,34-35,37-38,40-41,45,47,51,53,69-70,74H,6-7,9,11-13,15,17-19,21,23-25,27,29-30,33,36,39,42-44,46,48-50,52,54-68H2,1-5H3,(H-,72,75,76,77)/p+1/b10-8-,16-14-,22-20-,28-26-,32-31-,35-34-,38-37-,41-40-,47-45-,53-51-. The Labute approximate surface area is 494 Å². The van der Waals surface area contributed by atoms with Crippen LogP contribution in [0.3, 0.4) is 0 Å². The Kier molecular flexibility index (Phi) is 58.1. The van der Waals surface area contributed by atoms with Crippen LogP contribution in [0, 0.1) is 0 Å². The van der Waals surface area contributed by atoms with Gasteiger partial charge in [0.05, 0.1) is 39.9 Å². The first kappa shape index (κ1) is 76.9. The Morgan fingerprint density at radius 1 is 0.438 bits per heavy atom. The van der Waals surface area contributed by atoms with Gasteiger partial charge in [0.25, 0.3) is 0 Å². The van der Waals surface area contributed by atoms with Gasteiger partial charge in [-0.3, -0.25) is 13.8 Å². The number of nitrogens with zero attached hydrogens (tertiary/aromatic N) is 1. The summed E-state index contributed by atoms with van der Waals surface area (Å²) in [7, 11) is 1.59. The van der Waals surface area contributed by atoms with Crippen LogP contribution in [0.15, 0.2) is 122 Å². The number of nitrogens with one attached hydrogen (secondary N) is 1. The van der Waals surface area contributed by atoms with Crippen LogP contribution in [0.25, 0.3) is 0 Å². The Bertz CT molecular complexity index is 1720. The topological polar surface area (TPSA) is 105 Å². The van der Waals surface area contributed by atoms with Gasteiger partial charge in [-0.1, -0.05) is 296 Å². The first-order valence-electron chi connectivity index (χ1n) is 32.9. The fraction of sp³-hybridized carbons (Fsp3) is 0.704. The first-order chi connectivity index (χ1) is 39.0. The number of aliphatic hydroxyl groups is 1. The van der Waals surface area contributed by atoms with E-state index in [0.29, 0.717) is 23.9 Å². The van der Waals surface area contributed by atoms with E-state index < -0.39 is 20.0 Å². The van der Waals surface area contributed by atoms with Gasteiger partial charge in [0.15, 0.2) is 0 Å². The molecule has 0 saturated carbocycles. The third-order valence-electron chi connectivity index (χ3n) is 14.2. The second kappa shape index (κ2) is 60.5. The van der Waals surface area contributed by atoms with E-state index in [4.69, 9.17) is 9.05 Å². The van der Waals surface area contributed by atoms with Gasteiger partial charge in [0.1, 0.15) is 13.2 Å². The number of aliphatic hydroxyl groups excluding tert-OH is 1. The number of phosphoric ester groups is 1. The van der Waals surface area contributed by atoms with Crippen LogP contribution in [0.5, 0.6) is 0 Å². The molecule has 0 bridgehead atoms. The molecule has 1 amide bonds. The molecule has 460 valence electrons. The quantitative estimate of drug-likeness (QED) is 0.0243. The minimum atomic E-state index is -4.34. The van der Waals surface area contributed by atoms with Crippen molar-refractivity contribution < 1.29 is 32.9 Å². The highest BCUT2D eigenvalue weighted by molar-refractivity contribution is 7.47. The first-order valence-corrected chi connectivity index (χ1v) is 34.4. The average molecular weight is 1130 g/mol. The van der Waals surface area contributed by atoms with Crippen molar-refractivity contribution in [1.82, 2.24) is 5.32 Å². The molecule has 0 aliphatic heterocycles. The van der Waals surface area contributed by atoms with Crippen LogP contribution >= 0.6 is 7.82 Å². The maximum atomic E-state index is 13.0. The molecule has 0 aliphatic rings. The minimum absolute atomic E-state index is 0.0633. The number of allylic oxidation sites excluding steroid dienone is 20. The molecule has 0 aliphatic carbocycles. The summed E-state index contributed by atoms with van der Waals surface area (Å²) in [6.07, 6.45) is 89.9. The SMILES string of the molecule is CC/C=C\C/C=C\C/C=C\C/C=C\C/C=C\C/C=C\C/C=C\C/C=C\C/C=C\C/C=C\CCCCCCC(=O)NC(COP(=O)(O)OCC[N+](C)(C)C)C(O)CCCCCCCCCCCCCCCCCCCCCCCCC. The highest BCUT2D eigenvalue weighted by atomic mass is 31.2. The predicted octanol–water partition coefficient (Wildman–Crippen LogP) is 20.9. The molecule has 3 N–H and O–H groups in total. The van der Waals surface area contributed by atoms with Crippen LogP contribution in [-0.2, 0) is 18.4 Å². The van der Waals surface area contributed by atoms with Gasteiger partial charge in [-0.05, 0) is 89.9 Å². The molecule has 0 spiro atoms. The summed E-state index contributed by atoms with van der Waals surface area (Å²) < 4.78 is 23.8. The van der Waals surface area contributed by atoms with E-state index in [-0.39, 0.29) is 19.1 Å². The van der Waals surface area contributed by atoms with Crippen molar-refractivity contribution in [3.05, 3.63) is 122 Å². The number of amides is 1. The summed E-state index contributed by atoms with van der Waals surface area (Å²) in [6, 6.07) is -0.785. The zero-order valence-electron chi connectivity index (χ0n) is 52.5. The zero-order chi connectivity index (χ0) is 58.4. The second-order valence-corrected chi connectivity index (χ2v) is 24.6. The molecule has 0 aromatic heterocycles. The third-order valence-corrected chi connectivity index (χ3v) is 15.2. The van der Waals surface area contributed by atoms with Crippen molar-refractivity contribution in [2.45, 2.75) is 283 Å². The lowest BCUT2D eigenvalue weighted by molar-refractivity contribution is -0.870. The molecular weight excluding hydrogens is 1010 g/mol. The number of likely N-dealkylation sites (N-methyl/N-ethyl adjacent to an activating group) is 1. The molecule has 0 rings (SSSR count). The maximum Gasteiger partial charge on any atom is 0.472 e. The smallest absolute Gasteiger partial charge is 0.391 e. The number of carbonyl (C=O) groups is 1. The molecule has 0 radical (unpaired) electrons. The van der Waals surface area contributed by atoms with Crippen LogP contribution in [0.2, 0.25) is 0 Å². The van der Waals surface area contributed by atoms with Gasteiger partial charge >= 0.3 is 7.82 Å². The molecule has 3 atom stereocenters. The maximum absolute atomic E-state index is 13.0. The molecule has 0 fully saturated rings. The number of carbonyl (C=O) groups excluding carboxylic acids is 1. The molecule has 8 nitrogen and oxygen atoms in total. The lowest BCUT2D eigenvalue weighted by atomic mass is 10.0. The van der Waals surface area contributed by atoms with E-state index >= 15 is 0 Å². The van der Waals surface area contributed by atoms with Crippen molar-refractivity contribution in [2.75, 3.05) is 40.9 Å². The van der Waals surface area contributed by atoms with E-state index in [1.54, 1.807) is 0 Å². The van der Waals surface area contributed by atoms with E-state index in [9.17, 15) is 19.4 Å². The van der Waals surface area contributed by atoms with Gasteiger partial charge in [-0.25, -0.2) is 4.57 Å². The Morgan fingerprint density at radius 2 is 0.750 bits per heavy atom. The molecular formula is C71H126N2O6P+. The van der Waals surface area contributed by atoms with Crippen LogP contribution in [0.1, 0.15) is 271 Å². The fourth-order valence-corrected chi connectivity index (χ4v) is 9.87. The second-order valence-electron chi connectivity index (χ2n) is 23.1. The third kappa shape index (κ3) is 62.5. The summed E-state index contributed by atoms with van der Waals surface area (Å²) in [6.45, 7) is 4.77. The van der Waals surface area contributed by atoms with Crippen LogP contribution in [-0.4, -0.2) is 73.4 Å². The Morgan fingerprint density at radius 3 is 1.10 bits per heavy atom. The van der Waals surface area contributed by atoms with Crippen molar-refractivity contribution in [3.8, 4) is 0 Å². The summed E-state index contributed by atoms with van der Waals surface area (Å²) >= 11 is 0. The number of unbranched alkanes of at least 4 members (excludes halogenated alkanes) is 26. The average Bonchev–Trinajstić information content (AvgIpc) is 3.42. The molecule has 0 saturated heterocycles. The highest BCUT2D eigenvalue weighted by Crippen LogP contribution is 2.43. The fourth-order valence-electron chi connectivity index (χ4n) is 9.13. The Hall–Kier alpha value is -3.10. The van der Waals surface area contributed by atoms with E-state index in [1.807, 2.05) is 21.1 Å². The van der Waals surface area contributed by atoms with E-state index in [1.165, 1.54) is 128 Å². The van der Waals surface area contributed by atoms with Crippen LogP contribution in [0.4, 0.5) is 0 Å². The zero-order valence-corrected chi connectivity index (χ0v) is 53.4. The van der Waals surface area contributed by atoms with Gasteiger partial charge in [0, 0.05) is 6.42 Å². The lowest BCUT2D eigenvalue weighted by Gasteiger charge is -2.26. The summed E-state index contributed by atoms with van der Waals surface area (Å²) in [5.74, 6) is -0.171. The number of rotatable bonds is 59. The predicted molar refractivity (Wildman–Crippen MR) is 350 cm³/mol. The number of hydrogen-bond acceptors (Lipinski definition) is 5. The highest BCUT2D eigenvalue weighted by Gasteiger charge is 2.28. The molecule has 3 unspecified atom stereocenters. The summed E-state index contributed by atoms with van der Waals surface area (Å²) in [5.41, 5.74) is 0. The molecule has 9 heteroatoms.